The molecule has 0 bridgehead atoms. The van der Waals surface area contributed by atoms with E-state index in [0.29, 0.717) is 6.04 Å². The predicted molar refractivity (Wildman–Crippen MR) is 144 cm³/mol. The number of unbranched alkanes of at least 4 members (excludes halogenated alkanes) is 18. The molecule has 1 unspecified atom stereocenters. The van der Waals surface area contributed by atoms with E-state index >= 15 is 0 Å². The van der Waals surface area contributed by atoms with Crippen molar-refractivity contribution in [1.29, 1.82) is 0 Å². The number of aliphatic carboxylic acids is 1. The van der Waals surface area contributed by atoms with E-state index in [1.807, 2.05) is 0 Å². The molecule has 0 heterocycles. The van der Waals surface area contributed by atoms with Gasteiger partial charge in [0.25, 0.3) is 0 Å². The van der Waals surface area contributed by atoms with Crippen LogP contribution in [0.5, 0.6) is 0 Å². The first-order chi connectivity index (χ1) is 16.2. The van der Waals surface area contributed by atoms with E-state index < -0.39 is 5.97 Å². The standard InChI is InChI=1S/C30H61NO2.K/c1-4-7-9-11-13-15-17-19-21-23-27-31(29(6-3)25-26-30(32)33)28-24-22-20-18-16-14-12-10-8-5-2;/h29H,4-28H2,1-3H3,(H,32,33);/q;+1/p-1. The molecule has 198 valence electrons. The van der Waals surface area contributed by atoms with Crippen molar-refractivity contribution in [2.45, 2.75) is 174 Å². The van der Waals surface area contributed by atoms with E-state index in [1.54, 1.807) is 0 Å². The third-order valence-corrected chi connectivity index (χ3v) is 7.27. The number of nitrogens with zero attached hydrogens (tertiary/aromatic N) is 1. The molecule has 0 aliphatic heterocycles. The van der Waals surface area contributed by atoms with Crippen LogP contribution in [0.25, 0.3) is 0 Å². The van der Waals surface area contributed by atoms with Gasteiger partial charge < -0.3 is 14.8 Å². The zero-order valence-corrected chi connectivity index (χ0v) is 27.1. The third-order valence-electron chi connectivity index (χ3n) is 7.27. The van der Waals surface area contributed by atoms with Crippen molar-refractivity contribution in [1.82, 2.24) is 4.90 Å². The minimum Gasteiger partial charge on any atom is -0.550 e. The second-order valence-electron chi connectivity index (χ2n) is 10.4. The molecule has 0 aromatic carbocycles. The van der Waals surface area contributed by atoms with Gasteiger partial charge in [-0.15, -0.1) is 0 Å². The topological polar surface area (TPSA) is 43.4 Å². The fourth-order valence-corrected chi connectivity index (χ4v) is 5.01. The van der Waals surface area contributed by atoms with Crippen LogP contribution >= 0.6 is 0 Å². The molecule has 0 saturated carbocycles. The third kappa shape index (κ3) is 26.1. The molecule has 0 aliphatic rings. The molecule has 34 heavy (non-hydrogen) atoms. The molecule has 0 aromatic rings. The van der Waals surface area contributed by atoms with Crippen molar-refractivity contribution >= 4 is 5.97 Å². The monoisotopic (exact) mass is 505 g/mol. The molecular formula is C30H60KNO2. The summed E-state index contributed by atoms with van der Waals surface area (Å²) in [5.74, 6) is -0.897. The summed E-state index contributed by atoms with van der Waals surface area (Å²) in [6.07, 6.45) is 29.3. The van der Waals surface area contributed by atoms with E-state index in [-0.39, 0.29) is 57.8 Å². The average Bonchev–Trinajstić information content (AvgIpc) is 2.81. The Morgan fingerprint density at radius 1 is 0.588 bits per heavy atom. The Hall–Kier alpha value is 1.07. The van der Waals surface area contributed by atoms with Crippen LogP contribution in [0.2, 0.25) is 0 Å². The maximum atomic E-state index is 11.0. The van der Waals surface area contributed by atoms with Crippen LogP contribution in [0.1, 0.15) is 168 Å². The van der Waals surface area contributed by atoms with Gasteiger partial charge in [0.05, 0.1) is 0 Å². The Morgan fingerprint density at radius 3 is 1.21 bits per heavy atom. The summed E-state index contributed by atoms with van der Waals surface area (Å²) >= 11 is 0. The Labute approximate surface area is 257 Å². The first kappa shape index (κ1) is 37.2. The minimum absolute atomic E-state index is 0. The largest absolute Gasteiger partial charge is 1.00 e. The maximum absolute atomic E-state index is 11.0. The number of carbonyl (C=O) groups excluding carboxylic acids is 1. The molecule has 0 aliphatic carbocycles. The predicted octanol–water partition coefficient (Wildman–Crippen LogP) is 5.44. The second kappa shape index (κ2) is 30.3. The fraction of sp³-hybridized carbons (Fsp3) is 0.967. The molecule has 0 aromatic heterocycles. The van der Waals surface area contributed by atoms with E-state index in [2.05, 4.69) is 25.7 Å². The molecule has 3 nitrogen and oxygen atoms in total. The van der Waals surface area contributed by atoms with Crippen molar-refractivity contribution < 1.29 is 61.3 Å². The van der Waals surface area contributed by atoms with Gasteiger partial charge >= 0.3 is 51.4 Å². The first-order valence-corrected chi connectivity index (χ1v) is 15.1. The molecule has 0 amide bonds. The smallest absolute Gasteiger partial charge is 0.550 e. The van der Waals surface area contributed by atoms with Crippen LogP contribution in [-0.2, 0) is 4.79 Å². The number of rotatable bonds is 27. The van der Waals surface area contributed by atoms with Crippen molar-refractivity contribution in [2.75, 3.05) is 13.1 Å². The summed E-state index contributed by atoms with van der Waals surface area (Å²) in [6.45, 7) is 9.05. The Bertz CT molecular complexity index is 381. The summed E-state index contributed by atoms with van der Waals surface area (Å²) in [7, 11) is 0. The zero-order chi connectivity index (χ0) is 24.4. The molecular weight excluding hydrogens is 445 g/mol. The van der Waals surface area contributed by atoms with Crippen molar-refractivity contribution in [2.24, 2.45) is 0 Å². The van der Waals surface area contributed by atoms with Gasteiger partial charge in [-0.2, -0.15) is 0 Å². The van der Waals surface area contributed by atoms with Crippen LogP contribution in [-0.4, -0.2) is 30.0 Å². The van der Waals surface area contributed by atoms with E-state index in [4.69, 9.17) is 0 Å². The SMILES string of the molecule is CCCCCCCCCCCCN(CCCCCCCCCCCC)C(CC)CCC(=O)[O-].[K+]. The number of hydrogen-bond donors (Lipinski definition) is 0. The average molecular weight is 506 g/mol. The number of carboxylic acid groups (broad SMARTS) is 1. The minimum atomic E-state index is -0.897. The van der Waals surface area contributed by atoms with Crippen LogP contribution in [0.4, 0.5) is 0 Å². The van der Waals surface area contributed by atoms with Gasteiger partial charge in [0, 0.05) is 12.0 Å². The second-order valence-corrected chi connectivity index (χ2v) is 10.4. The van der Waals surface area contributed by atoms with Crippen LogP contribution in [0.3, 0.4) is 0 Å². The van der Waals surface area contributed by atoms with E-state index in [1.165, 1.54) is 128 Å². The molecule has 0 rings (SSSR count). The van der Waals surface area contributed by atoms with Gasteiger partial charge in [0.2, 0.25) is 0 Å². The quantitative estimate of drug-likeness (QED) is 0.110. The Balaban J connectivity index is 0. The summed E-state index contributed by atoms with van der Waals surface area (Å²) < 4.78 is 0. The van der Waals surface area contributed by atoms with Crippen LogP contribution in [0, 0.1) is 0 Å². The van der Waals surface area contributed by atoms with Gasteiger partial charge in [-0.3, -0.25) is 0 Å². The summed E-state index contributed by atoms with van der Waals surface area (Å²) in [5, 5.41) is 11.0. The molecule has 0 N–H and O–H groups in total. The number of carboxylic acids is 1. The first-order valence-electron chi connectivity index (χ1n) is 15.1. The molecule has 0 saturated heterocycles. The van der Waals surface area contributed by atoms with E-state index in [9.17, 15) is 9.90 Å². The fourth-order valence-electron chi connectivity index (χ4n) is 5.01. The van der Waals surface area contributed by atoms with E-state index in [0.717, 1.165) is 25.9 Å². The van der Waals surface area contributed by atoms with Crippen LogP contribution in [0.15, 0.2) is 0 Å². The molecule has 4 heteroatoms. The Kier molecular flexibility index (Phi) is 33.2. The van der Waals surface area contributed by atoms with Crippen LogP contribution < -0.4 is 56.5 Å². The van der Waals surface area contributed by atoms with Gasteiger partial charge in [0.1, 0.15) is 0 Å². The molecule has 0 radical (unpaired) electrons. The van der Waals surface area contributed by atoms with Gasteiger partial charge in [0.15, 0.2) is 0 Å². The molecule has 1 atom stereocenters. The van der Waals surface area contributed by atoms with Crippen molar-refractivity contribution in [3.05, 3.63) is 0 Å². The normalized spacial score (nSPS) is 12.1. The number of carbonyl (C=O) groups is 1. The summed E-state index contributed by atoms with van der Waals surface area (Å²) in [5.41, 5.74) is 0. The summed E-state index contributed by atoms with van der Waals surface area (Å²) in [4.78, 5) is 13.6. The molecule has 0 fully saturated rings. The van der Waals surface area contributed by atoms with Gasteiger partial charge in [-0.25, -0.2) is 0 Å². The number of hydrogen-bond acceptors (Lipinski definition) is 3. The molecule has 0 spiro atoms. The maximum Gasteiger partial charge on any atom is 1.00 e. The van der Waals surface area contributed by atoms with Gasteiger partial charge in [-0.1, -0.05) is 136 Å². The van der Waals surface area contributed by atoms with Crippen molar-refractivity contribution in [3.8, 4) is 0 Å². The Morgan fingerprint density at radius 2 is 0.912 bits per heavy atom. The summed E-state index contributed by atoms with van der Waals surface area (Å²) in [6, 6.07) is 0.403. The zero-order valence-electron chi connectivity index (χ0n) is 24.0. The van der Waals surface area contributed by atoms with Gasteiger partial charge in [-0.05, 0) is 45.2 Å². The van der Waals surface area contributed by atoms with Crippen molar-refractivity contribution in [3.63, 3.8) is 0 Å².